The van der Waals surface area contributed by atoms with E-state index in [1.165, 1.54) is 0 Å². The smallest absolute Gasteiger partial charge is 0.323 e. The van der Waals surface area contributed by atoms with Crippen LogP contribution >= 0.6 is 0 Å². The third-order valence-electron chi connectivity index (χ3n) is 3.79. The zero-order chi connectivity index (χ0) is 19.2. The van der Waals surface area contributed by atoms with Crippen LogP contribution in [-0.4, -0.2) is 23.3 Å². The van der Waals surface area contributed by atoms with E-state index in [4.69, 9.17) is 9.47 Å². The van der Waals surface area contributed by atoms with Crippen molar-refractivity contribution in [3.8, 4) is 17.4 Å². The number of carbonyl (C=O) groups excluding carboxylic acids is 1. The van der Waals surface area contributed by atoms with Gasteiger partial charge < -0.3 is 20.1 Å². The van der Waals surface area contributed by atoms with Crippen LogP contribution in [0.15, 0.2) is 54.6 Å². The first-order chi connectivity index (χ1) is 13.0. The summed E-state index contributed by atoms with van der Waals surface area (Å²) in [6, 6.07) is 15.7. The van der Waals surface area contributed by atoms with Crippen LogP contribution in [0.25, 0.3) is 0 Å². The number of aromatic nitrogens is 2. The molecule has 2 aromatic carbocycles. The van der Waals surface area contributed by atoms with Crippen LogP contribution in [0.4, 0.5) is 16.2 Å². The maximum absolute atomic E-state index is 12.2. The van der Waals surface area contributed by atoms with E-state index in [-0.39, 0.29) is 6.03 Å². The van der Waals surface area contributed by atoms with Gasteiger partial charge in [-0.15, -0.1) is 5.10 Å². The lowest BCUT2D eigenvalue weighted by Gasteiger charge is -2.11. The van der Waals surface area contributed by atoms with E-state index in [0.29, 0.717) is 23.0 Å². The molecule has 2 amide bonds. The third kappa shape index (κ3) is 4.94. The minimum Gasteiger partial charge on any atom is -0.497 e. The zero-order valence-corrected chi connectivity index (χ0v) is 15.3. The predicted molar refractivity (Wildman–Crippen MR) is 104 cm³/mol. The Morgan fingerprint density at radius 1 is 0.889 bits per heavy atom. The van der Waals surface area contributed by atoms with Gasteiger partial charge in [0, 0.05) is 17.4 Å². The summed E-state index contributed by atoms with van der Waals surface area (Å²) in [4.78, 5) is 12.2. The lowest BCUT2D eigenvalue weighted by atomic mass is 10.2. The highest BCUT2D eigenvalue weighted by Gasteiger charge is 2.07. The molecule has 27 heavy (non-hydrogen) atoms. The number of ether oxygens (including phenoxy) is 2. The molecule has 0 saturated heterocycles. The average molecular weight is 364 g/mol. The van der Waals surface area contributed by atoms with Crippen LogP contribution in [0, 0.1) is 13.8 Å². The van der Waals surface area contributed by atoms with Crippen molar-refractivity contribution in [2.75, 3.05) is 17.7 Å². The number of anilines is 2. The summed E-state index contributed by atoms with van der Waals surface area (Å²) in [5.41, 5.74) is 3.08. The molecule has 1 aromatic heterocycles. The van der Waals surface area contributed by atoms with Gasteiger partial charge in [0.25, 0.3) is 0 Å². The van der Waals surface area contributed by atoms with E-state index in [1.807, 2.05) is 26.0 Å². The fourth-order valence-electron chi connectivity index (χ4n) is 2.36. The topological polar surface area (TPSA) is 85.4 Å². The predicted octanol–water partition coefficient (Wildman–Crippen LogP) is 4.54. The Morgan fingerprint density at radius 3 is 2.26 bits per heavy atom. The highest BCUT2D eigenvalue weighted by Crippen LogP contribution is 2.23. The lowest BCUT2D eigenvalue weighted by Crippen LogP contribution is -2.19. The fourth-order valence-corrected chi connectivity index (χ4v) is 2.36. The molecule has 7 heteroatoms. The van der Waals surface area contributed by atoms with Crippen molar-refractivity contribution in [3.63, 3.8) is 0 Å². The van der Waals surface area contributed by atoms with Gasteiger partial charge >= 0.3 is 6.03 Å². The summed E-state index contributed by atoms with van der Waals surface area (Å²) in [5, 5.41) is 13.5. The number of hydrogen-bond acceptors (Lipinski definition) is 5. The molecule has 0 unspecified atom stereocenters. The molecule has 0 fully saturated rings. The van der Waals surface area contributed by atoms with E-state index >= 15 is 0 Å². The Hall–Kier alpha value is -3.61. The summed E-state index contributed by atoms with van der Waals surface area (Å²) in [6.07, 6.45) is 0. The van der Waals surface area contributed by atoms with Gasteiger partial charge in [0.05, 0.1) is 12.8 Å². The number of amides is 2. The van der Waals surface area contributed by atoms with Crippen molar-refractivity contribution >= 4 is 17.4 Å². The number of hydrogen-bond donors (Lipinski definition) is 2. The van der Waals surface area contributed by atoms with Gasteiger partial charge in [0.2, 0.25) is 5.88 Å². The Kier molecular flexibility index (Phi) is 5.51. The SMILES string of the molecule is COc1ccc(NC(=O)Nc2ccc(Oc3ccc(C)nn3)cc2)c(C)c1. The van der Waals surface area contributed by atoms with Crippen LogP contribution in [-0.2, 0) is 0 Å². The summed E-state index contributed by atoms with van der Waals surface area (Å²) >= 11 is 0. The minimum absolute atomic E-state index is 0.332. The molecule has 0 aliphatic heterocycles. The van der Waals surface area contributed by atoms with Crippen molar-refractivity contribution in [2.45, 2.75) is 13.8 Å². The molecule has 0 saturated carbocycles. The second-order valence-electron chi connectivity index (χ2n) is 5.90. The van der Waals surface area contributed by atoms with Crippen LogP contribution in [0.1, 0.15) is 11.3 Å². The maximum atomic E-state index is 12.2. The van der Waals surface area contributed by atoms with Crippen LogP contribution < -0.4 is 20.1 Å². The molecule has 0 aliphatic rings. The Balaban J connectivity index is 1.59. The van der Waals surface area contributed by atoms with Crippen LogP contribution in [0.2, 0.25) is 0 Å². The number of nitrogens with one attached hydrogen (secondary N) is 2. The van der Waals surface area contributed by atoms with Crippen molar-refractivity contribution in [1.82, 2.24) is 10.2 Å². The third-order valence-corrected chi connectivity index (χ3v) is 3.79. The Labute approximate surface area is 157 Å². The van der Waals surface area contributed by atoms with Crippen molar-refractivity contribution in [1.29, 1.82) is 0 Å². The van der Waals surface area contributed by atoms with E-state index in [2.05, 4.69) is 20.8 Å². The molecule has 3 aromatic rings. The quantitative estimate of drug-likeness (QED) is 0.694. The van der Waals surface area contributed by atoms with Gasteiger partial charge in [-0.05, 0) is 67.9 Å². The number of methoxy groups -OCH3 is 1. The van der Waals surface area contributed by atoms with E-state index < -0.39 is 0 Å². The van der Waals surface area contributed by atoms with Gasteiger partial charge in [0.15, 0.2) is 0 Å². The number of nitrogens with zero attached hydrogens (tertiary/aromatic N) is 2. The Morgan fingerprint density at radius 2 is 1.63 bits per heavy atom. The maximum Gasteiger partial charge on any atom is 0.323 e. The molecule has 0 radical (unpaired) electrons. The lowest BCUT2D eigenvalue weighted by molar-refractivity contribution is 0.262. The summed E-state index contributed by atoms with van der Waals surface area (Å²) in [7, 11) is 1.60. The van der Waals surface area contributed by atoms with Gasteiger partial charge in [0.1, 0.15) is 11.5 Å². The first-order valence-electron chi connectivity index (χ1n) is 8.34. The monoisotopic (exact) mass is 364 g/mol. The number of benzene rings is 2. The largest absolute Gasteiger partial charge is 0.497 e. The second kappa shape index (κ2) is 8.18. The summed E-state index contributed by atoms with van der Waals surface area (Å²) in [5.74, 6) is 1.76. The molecular weight excluding hydrogens is 344 g/mol. The van der Waals surface area contributed by atoms with Crippen LogP contribution in [0.5, 0.6) is 17.4 Å². The first kappa shape index (κ1) is 18.2. The molecule has 0 atom stereocenters. The molecule has 1 heterocycles. The number of rotatable bonds is 5. The van der Waals surface area contributed by atoms with Gasteiger partial charge in [-0.3, -0.25) is 0 Å². The number of urea groups is 1. The van der Waals surface area contributed by atoms with Crippen molar-refractivity contribution in [3.05, 3.63) is 65.9 Å². The molecule has 7 nitrogen and oxygen atoms in total. The molecular formula is C20H20N4O3. The summed E-state index contributed by atoms with van der Waals surface area (Å²) < 4.78 is 10.8. The molecule has 0 spiro atoms. The number of carbonyl (C=O) groups is 1. The molecule has 3 rings (SSSR count). The van der Waals surface area contributed by atoms with Gasteiger partial charge in [-0.1, -0.05) is 0 Å². The van der Waals surface area contributed by atoms with Crippen molar-refractivity contribution < 1.29 is 14.3 Å². The normalized spacial score (nSPS) is 10.2. The Bertz CT molecular complexity index is 925. The van der Waals surface area contributed by atoms with E-state index in [1.54, 1.807) is 49.6 Å². The van der Waals surface area contributed by atoms with Gasteiger partial charge in [-0.25, -0.2) is 4.79 Å². The number of aryl methyl sites for hydroxylation is 2. The first-order valence-corrected chi connectivity index (χ1v) is 8.34. The average Bonchev–Trinajstić information content (AvgIpc) is 2.67. The van der Waals surface area contributed by atoms with Crippen LogP contribution in [0.3, 0.4) is 0 Å². The minimum atomic E-state index is -0.332. The molecule has 0 aliphatic carbocycles. The van der Waals surface area contributed by atoms with Crippen molar-refractivity contribution in [2.24, 2.45) is 0 Å². The second-order valence-corrected chi connectivity index (χ2v) is 5.90. The van der Waals surface area contributed by atoms with E-state index in [9.17, 15) is 4.79 Å². The van der Waals surface area contributed by atoms with Gasteiger partial charge in [-0.2, -0.15) is 5.10 Å². The summed E-state index contributed by atoms with van der Waals surface area (Å²) in [6.45, 7) is 3.76. The highest BCUT2D eigenvalue weighted by molar-refractivity contribution is 6.00. The van der Waals surface area contributed by atoms with E-state index in [0.717, 1.165) is 17.0 Å². The highest BCUT2D eigenvalue weighted by atomic mass is 16.5. The molecule has 0 bridgehead atoms. The fraction of sp³-hybridized carbons (Fsp3) is 0.150. The molecule has 138 valence electrons. The molecule has 2 N–H and O–H groups in total. The zero-order valence-electron chi connectivity index (χ0n) is 15.3. The standard InChI is InChI=1S/C20H20N4O3/c1-13-12-17(26-3)9-10-18(13)22-20(25)21-15-5-7-16(8-6-15)27-19-11-4-14(2)23-24-19/h4-12H,1-3H3,(H2,21,22,25).